The first-order chi connectivity index (χ1) is 8.70. The predicted octanol–water partition coefficient (Wildman–Crippen LogP) is 0.677. The lowest BCUT2D eigenvalue weighted by Crippen LogP contribution is -2.23. The van der Waals surface area contributed by atoms with E-state index in [1.807, 2.05) is 4.57 Å². The number of carbonyl (C=O) groups excluding carboxylic acids is 2. The van der Waals surface area contributed by atoms with Crippen molar-refractivity contribution in [3.63, 3.8) is 0 Å². The van der Waals surface area contributed by atoms with Crippen molar-refractivity contribution < 1.29 is 14.3 Å². The van der Waals surface area contributed by atoms with Gasteiger partial charge < -0.3 is 14.6 Å². The number of methoxy groups -OCH3 is 1. The van der Waals surface area contributed by atoms with E-state index >= 15 is 0 Å². The van der Waals surface area contributed by atoms with Crippen molar-refractivity contribution in [1.82, 2.24) is 14.9 Å². The Kier molecular flexibility index (Phi) is 3.76. The zero-order chi connectivity index (χ0) is 13.0. The largest absolute Gasteiger partial charge is 0.466 e. The highest BCUT2D eigenvalue weighted by Crippen LogP contribution is 2.34. The van der Waals surface area contributed by atoms with Gasteiger partial charge in [0.25, 0.3) is 5.91 Å². The van der Waals surface area contributed by atoms with Gasteiger partial charge >= 0.3 is 5.97 Å². The number of nitrogens with one attached hydrogen (secondary N) is 1. The van der Waals surface area contributed by atoms with E-state index in [0.717, 1.165) is 12.8 Å². The van der Waals surface area contributed by atoms with Crippen LogP contribution in [0.3, 0.4) is 0 Å². The molecule has 0 aromatic carbocycles. The van der Waals surface area contributed by atoms with Crippen LogP contribution >= 0.6 is 0 Å². The molecule has 18 heavy (non-hydrogen) atoms. The molecule has 1 aromatic heterocycles. The summed E-state index contributed by atoms with van der Waals surface area (Å²) in [6, 6.07) is 0.512. The molecule has 6 heteroatoms. The number of nitrogens with zero attached hydrogens (tertiary/aromatic N) is 2. The van der Waals surface area contributed by atoms with Crippen LogP contribution < -0.4 is 5.32 Å². The Bertz CT molecular complexity index is 475. The maximum atomic E-state index is 11.7. The molecule has 1 aliphatic carbocycles. The lowest BCUT2D eigenvalue weighted by Gasteiger charge is -1.98. The van der Waals surface area contributed by atoms with E-state index in [9.17, 15) is 9.59 Å². The average molecular weight is 249 g/mol. The summed E-state index contributed by atoms with van der Waals surface area (Å²) in [5.74, 6) is -0.689. The van der Waals surface area contributed by atoms with Gasteiger partial charge in [-0.1, -0.05) is 6.08 Å². The zero-order valence-electron chi connectivity index (χ0n) is 10.1. The Hall–Kier alpha value is -2.11. The van der Waals surface area contributed by atoms with E-state index in [-0.39, 0.29) is 12.5 Å². The summed E-state index contributed by atoms with van der Waals surface area (Å²) in [5, 5.41) is 2.64. The number of carbonyl (C=O) groups is 2. The molecule has 2 rings (SSSR count). The molecule has 0 atom stereocenters. The second-order valence-corrected chi connectivity index (χ2v) is 4.07. The first-order valence-electron chi connectivity index (χ1n) is 5.77. The fourth-order valence-electron chi connectivity index (χ4n) is 1.49. The van der Waals surface area contributed by atoms with Crippen molar-refractivity contribution in [2.75, 3.05) is 13.7 Å². The molecule has 1 heterocycles. The Balaban J connectivity index is 1.80. The van der Waals surface area contributed by atoms with Gasteiger partial charge in [-0.05, 0) is 12.8 Å². The summed E-state index contributed by atoms with van der Waals surface area (Å²) in [5.41, 5.74) is 0.397. The van der Waals surface area contributed by atoms with Crippen molar-refractivity contribution >= 4 is 11.9 Å². The summed E-state index contributed by atoms with van der Waals surface area (Å²) in [7, 11) is 1.30. The van der Waals surface area contributed by atoms with E-state index in [1.165, 1.54) is 19.3 Å². The number of imidazole rings is 1. The maximum absolute atomic E-state index is 11.7. The van der Waals surface area contributed by atoms with E-state index in [4.69, 9.17) is 0 Å². The quantitative estimate of drug-likeness (QED) is 0.615. The summed E-state index contributed by atoms with van der Waals surface area (Å²) >= 11 is 0. The molecule has 1 aliphatic rings. The van der Waals surface area contributed by atoms with Crippen molar-refractivity contribution in [2.45, 2.75) is 18.9 Å². The molecule has 0 bridgehead atoms. The topological polar surface area (TPSA) is 73.2 Å². The third-order valence-electron chi connectivity index (χ3n) is 2.64. The molecule has 0 saturated heterocycles. The van der Waals surface area contributed by atoms with Crippen LogP contribution in [0.15, 0.2) is 24.7 Å². The molecule has 1 fully saturated rings. The van der Waals surface area contributed by atoms with Crippen molar-refractivity contribution in [2.24, 2.45) is 0 Å². The number of aromatic nitrogens is 2. The van der Waals surface area contributed by atoms with E-state index in [0.29, 0.717) is 11.7 Å². The van der Waals surface area contributed by atoms with Crippen LogP contribution in [0.2, 0.25) is 0 Å². The Morgan fingerprint density at radius 1 is 1.61 bits per heavy atom. The van der Waals surface area contributed by atoms with Crippen molar-refractivity contribution in [3.8, 4) is 0 Å². The van der Waals surface area contributed by atoms with Crippen LogP contribution in [-0.4, -0.2) is 35.1 Å². The highest BCUT2D eigenvalue weighted by molar-refractivity contribution is 5.92. The number of rotatable bonds is 5. The van der Waals surface area contributed by atoms with Crippen LogP contribution in [0.5, 0.6) is 0 Å². The number of ether oxygens (including phenoxy) is 1. The Labute approximate surface area is 105 Å². The van der Waals surface area contributed by atoms with Gasteiger partial charge in [-0.25, -0.2) is 9.78 Å². The highest BCUT2D eigenvalue weighted by Gasteiger charge is 2.24. The molecule has 0 spiro atoms. The molecule has 1 amide bonds. The monoisotopic (exact) mass is 249 g/mol. The van der Waals surface area contributed by atoms with Gasteiger partial charge in [-0.15, -0.1) is 0 Å². The highest BCUT2D eigenvalue weighted by atomic mass is 16.5. The number of amides is 1. The summed E-state index contributed by atoms with van der Waals surface area (Å²) in [6.07, 6.45) is 8.52. The van der Waals surface area contributed by atoms with Crippen LogP contribution in [0.25, 0.3) is 0 Å². The minimum absolute atomic E-state index is 0.246. The van der Waals surface area contributed by atoms with E-state index in [1.54, 1.807) is 12.5 Å². The van der Waals surface area contributed by atoms with Gasteiger partial charge in [0.1, 0.15) is 5.69 Å². The summed E-state index contributed by atoms with van der Waals surface area (Å²) in [6.45, 7) is 0.268. The average Bonchev–Trinajstić information content (AvgIpc) is 3.11. The molecule has 1 aromatic rings. The van der Waals surface area contributed by atoms with Crippen LogP contribution in [0, 0.1) is 0 Å². The predicted molar refractivity (Wildman–Crippen MR) is 64.0 cm³/mol. The van der Waals surface area contributed by atoms with Gasteiger partial charge in [-0.2, -0.15) is 0 Å². The second-order valence-electron chi connectivity index (χ2n) is 4.07. The standard InChI is InChI=1S/C12H15N3O3/c1-18-11(16)3-2-6-13-12(17)10-7-15(8-14-10)9-4-5-9/h2-3,7-9H,4-6H2,1H3,(H,13,17)/b3-2+. The van der Waals surface area contributed by atoms with Crippen LogP contribution in [0.4, 0.5) is 0 Å². The lowest BCUT2D eigenvalue weighted by atomic mass is 10.4. The lowest BCUT2D eigenvalue weighted by molar-refractivity contribution is -0.134. The van der Waals surface area contributed by atoms with Crippen LogP contribution in [-0.2, 0) is 9.53 Å². The third kappa shape index (κ3) is 3.19. The number of hydrogen-bond acceptors (Lipinski definition) is 4. The fraction of sp³-hybridized carbons (Fsp3) is 0.417. The van der Waals surface area contributed by atoms with Gasteiger partial charge in [0.05, 0.1) is 13.4 Å². The molecule has 1 N–H and O–H groups in total. The van der Waals surface area contributed by atoms with Gasteiger partial charge in [0, 0.05) is 24.9 Å². The first-order valence-corrected chi connectivity index (χ1v) is 5.77. The van der Waals surface area contributed by atoms with Gasteiger partial charge in [-0.3, -0.25) is 4.79 Å². The molecule has 0 aliphatic heterocycles. The minimum Gasteiger partial charge on any atom is -0.466 e. The molecule has 96 valence electrons. The molecule has 6 nitrogen and oxygen atoms in total. The third-order valence-corrected chi connectivity index (χ3v) is 2.64. The molecule has 0 radical (unpaired) electrons. The zero-order valence-corrected chi connectivity index (χ0v) is 10.1. The minimum atomic E-state index is -0.442. The molecule has 0 unspecified atom stereocenters. The maximum Gasteiger partial charge on any atom is 0.330 e. The van der Waals surface area contributed by atoms with Gasteiger partial charge in [0.15, 0.2) is 0 Å². The molecule has 1 saturated carbocycles. The fourth-order valence-corrected chi connectivity index (χ4v) is 1.49. The van der Waals surface area contributed by atoms with Gasteiger partial charge in [0.2, 0.25) is 0 Å². The molecular formula is C12H15N3O3. The van der Waals surface area contributed by atoms with Crippen molar-refractivity contribution in [1.29, 1.82) is 0 Å². The number of hydrogen-bond donors (Lipinski definition) is 1. The molecular weight excluding hydrogens is 234 g/mol. The Morgan fingerprint density at radius 2 is 2.39 bits per heavy atom. The summed E-state index contributed by atoms with van der Waals surface area (Å²) in [4.78, 5) is 26.5. The number of esters is 1. The Morgan fingerprint density at radius 3 is 3.06 bits per heavy atom. The van der Waals surface area contributed by atoms with Crippen LogP contribution in [0.1, 0.15) is 29.4 Å². The smallest absolute Gasteiger partial charge is 0.330 e. The normalized spacial score (nSPS) is 14.7. The van der Waals surface area contributed by atoms with Crippen molar-refractivity contribution in [3.05, 3.63) is 30.4 Å². The van der Waals surface area contributed by atoms with E-state index in [2.05, 4.69) is 15.0 Å². The first kappa shape index (κ1) is 12.3. The van der Waals surface area contributed by atoms with E-state index < -0.39 is 5.97 Å². The SMILES string of the molecule is COC(=O)/C=C/CNC(=O)c1cn(C2CC2)cn1. The second kappa shape index (κ2) is 5.48. The summed E-state index contributed by atoms with van der Waals surface area (Å²) < 4.78 is 6.38.